The van der Waals surface area contributed by atoms with Gasteiger partial charge in [0.2, 0.25) is 0 Å². The number of rotatable bonds is 6. The lowest BCUT2D eigenvalue weighted by Crippen LogP contribution is -2.29. The Balaban J connectivity index is 1.22. The van der Waals surface area contributed by atoms with E-state index in [-0.39, 0.29) is 5.78 Å². The van der Waals surface area contributed by atoms with Gasteiger partial charge in [-0.2, -0.15) is 0 Å². The summed E-state index contributed by atoms with van der Waals surface area (Å²) in [6.07, 6.45) is 12.2. The molecule has 0 aliphatic heterocycles. The van der Waals surface area contributed by atoms with Gasteiger partial charge in [-0.15, -0.1) is 0 Å². The average Bonchev–Trinajstić information content (AvgIpc) is 3.79. The lowest BCUT2D eigenvalue weighted by Gasteiger charge is -2.26. The first kappa shape index (κ1) is 25.3. The Bertz CT molecular complexity index is 1850. The first-order valence-electron chi connectivity index (χ1n) is 13.9. The highest BCUT2D eigenvalue weighted by molar-refractivity contribution is 6.31. The van der Waals surface area contributed by atoms with Gasteiger partial charge in [0.15, 0.2) is 5.78 Å². The van der Waals surface area contributed by atoms with E-state index in [1.54, 1.807) is 25.0 Å². The van der Waals surface area contributed by atoms with E-state index < -0.39 is 12.1 Å². The van der Waals surface area contributed by atoms with Crippen LogP contribution in [-0.2, 0) is 17.6 Å². The molecular weight excluding hydrogens is 563 g/mol. The Morgan fingerprint density at radius 2 is 1.00 bits per heavy atom. The highest BCUT2D eigenvalue weighted by Gasteiger charge is 2.34. The zero-order chi connectivity index (χ0) is 28.4. The predicted octanol–water partition coefficient (Wildman–Crippen LogP) is 7.98. The lowest BCUT2D eigenvalue weighted by molar-refractivity contribution is -0.123. The maximum Gasteiger partial charge on any atom is 0.187 e. The van der Waals surface area contributed by atoms with Crippen molar-refractivity contribution in [3.63, 3.8) is 0 Å². The van der Waals surface area contributed by atoms with Crippen molar-refractivity contribution in [2.24, 2.45) is 0 Å². The minimum Gasteiger partial charge on any atom is -0.323 e. The van der Waals surface area contributed by atoms with Crippen molar-refractivity contribution in [3.05, 3.63) is 154 Å². The second-order valence-corrected chi connectivity index (χ2v) is 11.9. The Hall–Kier alpha value is -4.45. The topological polar surface area (TPSA) is 52.7 Å². The number of nitrogens with zero attached hydrogens (tertiary/aromatic N) is 4. The van der Waals surface area contributed by atoms with Gasteiger partial charge >= 0.3 is 0 Å². The summed E-state index contributed by atoms with van der Waals surface area (Å²) >= 11 is 12.6. The molecule has 0 bridgehead atoms. The first-order valence-corrected chi connectivity index (χ1v) is 14.6. The number of Topliss-reactive ketones (excluding diaryl/α,β-unsaturated/α-hetero) is 1. The van der Waals surface area contributed by atoms with E-state index in [2.05, 4.69) is 58.5 Å². The molecule has 0 N–H and O–H groups in total. The number of carbonyl (C=O) groups is 1. The third-order valence-corrected chi connectivity index (χ3v) is 9.02. The number of halogens is 2. The molecule has 204 valence electrons. The molecule has 2 atom stereocenters. The molecule has 2 aliphatic carbocycles. The molecule has 0 radical (unpaired) electrons. The Morgan fingerprint density at radius 1 is 0.595 bits per heavy atom. The molecule has 5 nitrogen and oxygen atoms in total. The first-order chi connectivity index (χ1) is 20.5. The molecule has 2 aliphatic rings. The Morgan fingerprint density at radius 3 is 1.40 bits per heavy atom. The molecule has 0 saturated heterocycles. The molecular formula is C35H24Cl2N4O. The van der Waals surface area contributed by atoms with Crippen LogP contribution in [0.15, 0.2) is 110 Å². The molecule has 8 rings (SSSR count). The molecule has 2 aromatic heterocycles. The Labute approximate surface area is 253 Å². The minimum absolute atomic E-state index is 0.0306. The normalized spacial score (nSPS) is 14.1. The van der Waals surface area contributed by atoms with Crippen LogP contribution in [0.3, 0.4) is 0 Å². The van der Waals surface area contributed by atoms with Crippen LogP contribution in [0, 0.1) is 0 Å². The maximum atomic E-state index is 14.8. The number of ketones is 1. The van der Waals surface area contributed by atoms with Gasteiger partial charge in [0.25, 0.3) is 0 Å². The number of fused-ring (bicyclic) bond motifs is 6. The van der Waals surface area contributed by atoms with Crippen LogP contribution < -0.4 is 0 Å². The summed E-state index contributed by atoms with van der Waals surface area (Å²) in [4.78, 5) is 23.4. The Kier molecular flexibility index (Phi) is 5.92. The average molecular weight is 588 g/mol. The maximum absolute atomic E-state index is 14.8. The number of imidazole rings is 2. The van der Waals surface area contributed by atoms with E-state index in [9.17, 15) is 4.79 Å². The van der Waals surface area contributed by atoms with E-state index in [1.165, 1.54) is 44.5 Å². The van der Waals surface area contributed by atoms with Crippen molar-refractivity contribution in [1.29, 1.82) is 0 Å². The van der Waals surface area contributed by atoms with E-state index >= 15 is 0 Å². The summed E-state index contributed by atoms with van der Waals surface area (Å²) < 4.78 is 3.80. The SMILES string of the molecule is O=C(C(c1ccc2c(c1)Cc1cc(Cl)ccc1-2)n1ccnc1)C(c1ccc2c(c1)Cc1cc(Cl)ccc1-2)n1ccnc1. The fraction of sp³-hybridized carbons (Fsp3) is 0.114. The number of hydrogen-bond donors (Lipinski definition) is 0. The van der Waals surface area contributed by atoms with Gasteiger partial charge in [0.1, 0.15) is 12.1 Å². The quantitative estimate of drug-likeness (QED) is 0.198. The van der Waals surface area contributed by atoms with Gasteiger partial charge in [-0.05, 0) is 92.7 Å². The third-order valence-electron chi connectivity index (χ3n) is 8.55. The second kappa shape index (κ2) is 9.83. The van der Waals surface area contributed by atoms with Crippen LogP contribution in [0.4, 0.5) is 0 Å². The molecule has 0 spiro atoms. The zero-order valence-corrected chi connectivity index (χ0v) is 23.9. The summed E-state index contributed by atoms with van der Waals surface area (Å²) in [7, 11) is 0. The van der Waals surface area contributed by atoms with Crippen molar-refractivity contribution in [1.82, 2.24) is 19.1 Å². The largest absolute Gasteiger partial charge is 0.323 e. The zero-order valence-electron chi connectivity index (χ0n) is 22.4. The molecule has 6 aromatic rings. The van der Waals surface area contributed by atoms with Gasteiger partial charge in [-0.3, -0.25) is 4.79 Å². The van der Waals surface area contributed by atoms with Crippen molar-refractivity contribution in [2.75, 3.05) is 0 Å². The predicted molar refractivity (Wildman–Crippen MR) is 165 cm³/mol. The molecule has 7 heteroatoms. The number of hydrogen-bond acceptors (Lipinski definition) is 3. The molecule has 2 unspecified atom stereocenters. The molecule has 0 amide bonds. The van der Waals surface area contributed by atoms with Crippen molar-refractivity contribution in [3.8, 4) is 22.3 Å². The van der Waals surface area contributed by atoms with Gasteiger partial charge in [-0.1, -0.05) is 71.7 Å². The van der Waals surface area contributed by atoms with E-state index in [0.29, 0.717) is 0 Å². The summed E-state index contributed by atoms with van der Waals surface area (Å²) in [5, 5.41) is 1.47. The molecule has 4 aromatic carbocycles. The van der Waals surface area contributed by atoms with Crippen LogP contribution >= 0.6 is 23.2 Å². The summed E-state index contributed by atoms with van der Waals surface area (Å²) in [6.45, 7) is 0. The highest BCUT2D eigenvalue weighted by Crippen LogP contribution is 2.42. The summed E-state index contributed by atoms with van der Waals surface area (Å²) in [6, 6.07) is 23.7. The molecule has 2 heterocycles. The van der Waals surface area contributed by atoms with Crippen molar-refractivity contribution < 1.29 is 4.79 Å². The van der Waals surface area contributed by atoms with Gasteiger partial charge < -0.3 is 9.13 Å². The van der Waals surface area contributed by atoms with Crippen LogP contribution in [0.1, 0.15) is 45.5 Å². The molecule has 0 saturated carbocycles. The summed E-state index contributed by atoms with van der Waals surface area (Å²) in [5.41, 5.74) is 11.4. The lowest BCUT2D eigenvalue weighted by atomic mass is 9.90. The minimum atomic E-state index is -0.582. The molecule has 42 heavy (non-hydrogen) atoms. The highest BCUT2D eigenvalue weighted by atomic mass is 35.5. The van der Waals surface area contributed by atoms with Crippen molar-refractivity contribution in [2.45, 2.75) is 24.9 Å². The van der Waals surface area contributed by atoms with Crippen LogP contribution in [0.2, 0.25) is 10.0 Å². The van der Waals surface area contributed by atoms with Crippen LogP contribution in [0.25, 0.3) is 22.3 Å². The fourth-order valence-electron chi connectivity index (χ4n) is 6.70. The smallest absolute Gasteiger partial charge is 0.187 e. The molecule has 0 fully saturated rings. The summed E-state index contributed by atoms with van der Waals surface area (Å²) in [5.74, 6) is 0.0306. The van der Waals surface area contributed by atoms with Crippen LogP contribution in [0.5, 0.6) is 0 Å². The fourth-order valence-corrected chi connectivity index (χ4v) is 7.09. The monoisotopic (exact) mass is 586 g/mol. The second-order valence-electron chi connectivity index (χ2n) is 11.0. The van der Waals surface area contributed by atoms with E-state index in [1.807, 2.05) is 45.8 Å². The number of aromatic nitrogens is 4. The number of carbonyl (C=O) groups excluding carboxylic acids is 1. The van der Waals surface area contributed by atoms with Gasteiger partial charge in [0.05, 0.1) is 12.7 Å². The van der Waals surface area contributed by atoms with E-state index in [0.717, 1.165) is 34.0 Å². The van der Waals surface area contributed by atoms with Crippen LogP contribution in [-0.4, -0.2) is 24.9 Å². The van der Waals surface area contributed by atoms with E-state index in [4.69, 9.17) is 23.2 Å². The standard InChI is InChI=1S/C35H24Cl2N4O/c36-27-3-7-31-25(17-27)15-23-13-21(1-5-29(23)31)33(40-11-9-38-19-40)35(42)34(41-12-10-39-20-41)22-2-6-30-24(14-22)16-26-18-28(37)4-8-32(26)30/h1-14,17-20,33-34H,15-16H2. The third kappa shape index (κ3) is 4.12. The van der Waals surface area contributed by atoms with Gasteiger partial charge in [0, 0.05) is 34.8 Å². The van der Waals surface area contributed by atoms with Gasteiger partial charge in [-0.25, -0.2) is 9.97 Å². The number of benzene rings is 4. The van der Waals surface area contributed by atoms with Crippen molar-refractivity contribution >= 4 is 29.0 Å².